The number of ether oxygens (including phenoxy) is 1. The molecule has 1 aliphatic carbocycles. The van der Waals surface area contributed by atoms with Gasteiger partial charge in [0, 0.05) is 30.4 Å². The predicted octanol–water partition coefficient (Wildman–Crippen LogP) is 4.99. The molecule has 3 heterocycles. The first-order valence-corrected chi connectivity index (χ1v) is 14.6. The second kappa shape index (κ2) is 13.1. The maximum atomic E-state index is 14.9. The van der Waals surface area contributed by atoms with Crippen LogP contribution in [0.4, 0.5) is 13.2 Å². The van der Waals surface area contributed by atoms with Gasteiger partial charge in [0.1, 0.15) is 18.0 Å². The van der Waals surface area contributed by atoms with Crippen LogP contribution in [-0.2, 0) is 22.0 Å². The summed E-state index contributed by atoms with van der Waals surface area (Å²) in [6, 6.07) is 0.250. The number of pyridine rings is 1. The molecule has 2 bridgehead atoms. The molecule has 2 amide bonds. The summed E-state index contributed by atoms with van der Waals surface area (Å²) in [6.07, 6.45) is 2.61. The molecule has 2 aromatic rings. The van der Waals surface area contributed by atoms with Crippen molar-refractivity contribution in [2.75, 3.05) is 6.61 Å². The molecule has 230 valence electrons. The second-order valence-corrected chi connectivity index (χ2v) is 12.3. The van der Waals surface area contributed by atoms with Gasteiger partial charge in [-0.25, -0.2) is 13.2 Å². The SMILES string of the molecule is CC.O=C(NCc1c(F)cc(F)c(OSOCC(Cl)(Cl)Cl)c1F)c1cn2c(c(O)c1=O)C(=O)N1C3CCC(C3)OC1C2. The molecule has 0 spiro atoms. The quantitative estimate of drug-likeness (QED) is 0.240. The van der Waals surface area contributed by atoms with Gasteiger partial charge < -0.3 is 28.8 Å². The van der Waals surface area contributed by atoms with Crippen LogP contribution in [0.25, 0.3) is 0 Å². The molecule has 3 aliphatic rings. The van der Waals surface area contributed by atoms with Gasteiger partial charge in [-0.1, -0.05) is 48.7 Å². The number of rotatable bonds is 7. The fourth-order valence-electron chi connectivity index (χ4n) is 4.98. The van der Waals surface area contributed by atoms with Gasteiger partial charge >= 0.3 is 0 Å². The molecule has 2 fully saturated rings. The Labute approximate surface area is 257 Å². The summed E-state index contributed by atoms with van der Waals surface area (Å²) >= 11 is 16.5. The summed E-state index contributed by atoms with van der Waals surface area (Å²) in [5, 5.41) is 12.7. The van der Waals surface area contributed by atoms with Gasteiger partial charge in [-0.2, -0.15) is 0 Å². The van der Waals surface area contributed by atoms with Crippen molar-refractivity contribution in [1.29, 1.82) is 0 Å². The molecule has 2 N–H and O–H groups in total. The molecular weight excluding hydrogens is 650 g/mol. The maximum Gasteiger partial charge on any atom is 0.276 e. The van der Waals surface area contributed by atoms with Crippen LogP contribution in [0.5, 0.6) is 11.5 Å². The van der Waals surface area contributed by atoms with Crippen LogP contribution >= 0.6 is 47.1 Å². The summed E-state index contributed by atoms with van der Waals surface area (Å²) in [5.41, 5.74) is -2.81. The maximum absolute atomic E-state index is 14.9. The van der Waals surface area contributed by atoms with Crippen molar-refractivity contribution < 1.29 is 41.0 Å². The average molecular weight is 675 g/mol. The van der Waals surface area contributed by atoms with Crippen molar-refractivity contribution in [3.05, 3.63) is 56.8 Å². The van der Waals surface area contributed by atoms with Crippen molar-refractivity contribution >= 4 is 58.9 Å². The lowest BCUT2D eigenvalue weighted by molar-refractivity contribution is -0.132. The van der Waals surface area contributed by atoms with E-state index in [-0.39, 0.29) is 36.7 Å². The number of nitrogens with one attached hydrogen (secondary N) is 1. The summed E-state index contributed by atoms with van der Waals surface area (Å²) < 4.78 is 58.3. The highest BCUT2D eigenvalue weighted by Gasteiger charge is 2.47. The van der Waals surface area contributed by atoms with E-state index in [4.69, 9.17) is 47.9 Å². The van der Waals surface area contributed by atoms with Gasteiger partial charge in [0.15, 0.2) is 29.3 Å². The summed E-state index contributed by atoms with van der Waals surface area (Å²) in [5.74, 6) is -7.95. The minimum absolute atomic E-state index is 0.00905. The van der Waals surface area contributed by atoms with Crippen LogP contribution in [0.15, 0.2) is 17.1 Å². The van der Waals surface area contributed by atoms with Gasteiger partial charge in [0.05, 0.1) is 12.6 Å². The van der Waals surface area contributed by atoms with Gasteiger partial charge in [-0.05, 0) is 19.3 Å². The minimum atomic E-state index is -1.83. The van der Waals surface area contributed by atoms with E-state index in [1.165, 1.54) is 9.47 Å². The Bertz CT molecular complexity index is 1440. The summed E-state index contributed by atoms with van der Waals surface area (Å²) in [6.45, 7) is 2.72. The number of carbonyl (C=O) groups excluding carboxylic acids is 2. The van der Waals surface area contributed by atoms with Crippen LogP contribution in [0.1, 0.15) is 59.5 Å². The lowest BCUT2D eigenvalue weighted by atomic mass is 10.1. The van der Waals surface area contributed by atoms with Crippen molar-refractivity contribution in [2.45, 2.75) is 68.4 Å². The van der Waals surface area contributed by atoms with Crippen LogP contribution in [-0.4, -0.2) is 55.2 Å². The van der Waals surface area contributed by atoms with E-state index < -0.39 is 80.5 Å². The average Bonchev–Trinajstić information content (AvgIpc) is 3.30. The number of aromatic hydroxyl groups is 1. The van der Waals surface area contributed by atoms with Crippen molar-refractivity contribution in [3.8, 4) is 11.5 Å². The van der Waals surface area contributed by atoms with Crippen LogP contribution in [0.2, 0.25) is 0 Å². The van der Waals surface area contributed by atoms with Crippen LogP contribution < -0.4 is 14.9 Å². The molecule has 1 aromatic carbocycles. The molecule has 1 saturated carbocycles. The third-order valence-electron chi connectivity index (χ3n) is 6.74. The Morgan fingerprint density at radius 1 is 1.21 bits per heavy atom. The standard InChI is InChI=1S/C23H19Cl3F3N3O7S.C2H6/c24-23(25,26)8-37-40-39-20-14(28)4-13(27)11(16(20)29)5-30-21(35)12-6-31-7-15-32(9-1-2-10(3-9)38-15)22(36)17(31)19(34)18(12)33;1-2/h4,6,9-10,15,34H,1-3,5,7-8H2,(H,30,35);1-2H3. The Kier molecular flexibility index (Phi) is 10.2. The van der Waals surface area contributed by atoms with Gasteiger partial charge in [-0.15, -0.1) is 0 Å². The second-order valence-electron chi connectivity index (χ2n) is 9.29. The topological polar surface area (TPSA) is 119 Å². The Hall–Kier alpha value is -2.36. The monoisotopic (exact) mass is 673 g/mol. The van der Waals surface area contributed by atoms with Gasteiger partial charge in [-0.3, -0.25) is 18.6 Å². The van der Waals surface area contributed by atoms with E-state index in [0.29, 0.717) is 12.5 Å². The Morgan fingerprint density at radius 3 is 2.62 bits per heavy atom. The number of carbonyl (C=O) groups is 2. The molecule has 17 heteroatoms. The van der Waals surface area contributed by atoms with E-state index in [2.05, 4.69) is 5.32 Å². The lowest BCUT2D eigenvalue weighted by Gasteiger charge is -2.44. The van der Waals surface area contributed by atoms with Crippen LogP contribution in [0, 0.1) is 17.5 Å². The first-order valence-electron chi connectivity index (χ1n) is 12.8. The predicted molar refractivity (Wildman–Crippen MR) is 148 cm³/mol. The van der Waals surface area contributed by atoms with Crippen LogP contribution in [0.3, 0.4) is 0 Å². The van der Waals surface area contributed by atoms with E-state index >= 15 is 0 Å². The van der Waals surface area contributed by atoms with E-state index in [0.717, 1.165) is 19.0 Å². The van der Waals surface area contributed by atoms with Gasteiger partial charge in [0.25, 0.3) is 11.8 Å². The summed E-state index contributed by atoms with van der Waals surface area (Å²) in [4.78, 5) is 40.3. The van der Waals surface area contributed by atoms with Gasteiger partial charge in [0.2, 0.25) is 27.3 Å². The molecule has 1 aromatic heterocycles. The largest absolute Gasteiger partial charge is 0.503 e. The number of aromatic nitrogens is 1. The first-order chi connectivity index (χ1) is 19.9. The highest BCUT2D eigenvalue weighted by molar-refractivity contribution is 7.90. The number of amides is 2. The lowest BCUT2D eigenvalue weighted by Crippen LogP contribution is -2.57. The smallest absolute Gasteiger partial charge is 0.276 e. The third kappa shape index (κ3) is 6.58. The zero-order chi connectivity index (χ0) is 30.9. The molecule has 2 aliphatic heterocycles. The van der Waals surface area contributed by atoms with E-state index in [1.54, 1.807) is 0 Å². The molecule has 0 radical (unpaired) electrons. The third-order valence-corrected chi connectivity index (χ3v) is 7.51. The fourth-order valence-corrected chi connectivity index (χ4v) is 5.83. The zero-order valence-electron chi connectivity index (χ0n) is 22.1. The molecular formula is C25H25Cl3F3N3O7S. The highest BCUT2D eigenvalue weighted by atomic mass is 35.6. The number of halogens is 6. The minimum Gasteiger partial charge on any atom is -0.503 e. The van der Waals surface area contributed by atoms with Crippen molar-refractivity contribution in [1.82, 2.24) is 14.8 Å². The summed E-state index contributed by atoms with van der Waals surface area (Å²) in [7, 11) is 0. The molecule has 5 rings (SSSR count). The molecule has 42 heavy (non-hydrogen) atoms. The molecule has 3 unspecified atom stereocenters. The molecule has 1 saturated heterocycles. The first kappa shape index (κ1) is 32.6. The number of hydrogen-bond donors (Lipinski definition) is 2. The van der Waals surface area contributed by atoms with E-state index in [9.17, 15) is 32.7 Å². The number of benzene rings is 1. The fraction of sp³-hybridized carbons (Fsp3) is 0.480. The van der Waals surface area contributed by atoms with Crippen molar-refractivity contribution in [2.24, 2.45) is 0 Å². The number of nitrogens with zero attached hydrogens (tertiary/aromatic N) is 2. The number of alkyl halides is 3. The highest BCUT2D eigenvalue weighted by Crippen LogP contribution is 2.39. The van der Waals surface area contributed by atoms with E-state index in [1.807, 2.05) is 13.8 Å². The Morgan fingerprint density at radius 2 is 1.93 bits per heavy atom. The number of fused-ring (bicyclic) bond motifs is 5. The number of hydrogen-bond acceptors (Lipinski definition) is 8. The molecule has 10 nitrogen and oxygen atoms in total. The normalized spacial score (nSPS) is 20.8. The van der Waals surface area contributed by atoms with Crippen molar-refractivity contribution in [3.63, 3.8) is 0 Å². The zero-order valence-corrected chi connectivity index (χ0v) is 25.2. The Balaban J connectivity index is 0.00000198. The molecule has 3 atom stereocenters.